The molecule has 198 valence electrons. The maximum atomic E-state index is 14.0. The fourth-order valence-corrected chi connectivity index (χ4v) is 5.39. The van der Waals surface area contributed by atoms with Gasteiger partial charge in [0.05, 0.1) is 13.2 Å². The molecule has 0 unspecified atom stereocenters. The monoisotopic (exact) mass is 515 g/mol. The Balaban J connectivity index is 1.46. The molecule has 5 rings (SSSR count). The number of amides is 1. The number of nitrogens with zero attached hydrogens (tertiary/aromatic N) is 1. The molecule has 1 heterocycles. The molecule has 3 aromatic carbocycles. The molecule has 0 aromatic heterocycles. The van der Waals surface area contributed by atoms with Crippen molar-refractivity contribution in [1.29, 1.82) is 0 Å². The summed E-state index contributed by atoms with van der Waals surface area (Å²) in [6, 6.07) is 21.8. The largest absolute Gasteiger partial charge is 0.493 e. The lowest BCUT2D eigenvalue weighted by Crippen LogP contribution is -2.50. The Hall–Kier alpha value is -3.84. The molecular formula is C31H33NO6. The molecule has 38 heavy (non-hydrogen) atoms. The van der Waals surface area contributed by atoms with Crippen molar-refractivity contribution in [2.75, 3.05) is 7.11 Å². The van der Waals surface area contributed by atoms with Gasteiger partial charge in [0.25, 0.3) is 5.91 Å². The standard InChI is InChI=1S/C31H33NO6/c1-36-27-17-16-23-19-32(30(33)28(22-12-6-3-7-13-22)38-24-14-8-9-15-24)26(31(34)35)18-25(23)29(27)37-20-21-10-4-2-5-11-21/h2-7,10-13,16-17,24,26,28H,8-9,14-15,18-20H2,1H3,(H,34,35)/t26-,28+/m0/s1. The number of methoxy groups -OCH3 is 1. The van der Waals surface area contributed by atoms with E-state index in [0.29, 0.717) is 18.1 Å². The topological polar surface area (TPSA) is 85.3 Å². The van der Waals surface area contributed by atoms with Gasteiger partial charge in [-0.25, -0.2) is 4.79 Å². The van der Waals surface area contributed by atoms with Crippen LogP contribution in [0.3, 0.4) is 0 Å². The zero-order chi connectivity index (χ0) is 26.5. The highest BCUT2D eigenvalue weighted by atomic mass is 16.5. The first-order valence-corrected chi connectivity index (χ1v) is 13.1. The Kier molecular flexibility index (Phi) is 7.94. The first-order valence-electron chi connectivity index (χ1n) is 13.1. The van der Waals surface area contributed by atoms with Gasteiger partial charge in [-0.15, -0.1) is 0 Å². The Morgan fingerprint density at radius 3 is 2.32 bits per heavy atom. The number of rotatable bonds is 9. The van der Waals surface area contributed by atoms with Crippen molar-refractivity contribution in [3.63, 3.8) is 0 Å². The van der Waals surface area contributed by atoms with Gasteiger partial charge in [0, 0.05) is 18.5 Å². The van der Waals surface area contributed by atoms with E-state index >= 15 is 0 Å². The van der Waals surface area contributed by atoms with Crippen LogP contribution >= 0.6 is 0 Å². The molecule has 3 aromatic rings. The van der Waals surface area contributed by atoms with Crippen LogP contribution in [0.5, 0.6) is 11.5 Å². The summed E-state index contributed by atoms with van der Waals surface area (Å²) in [6.07, 6.45) is 3.21. The minimum Gasteiger partial charge on any atom is -0.493 e. The zero-order valence-corrected chi connectivity index (χ0v) is 21.5. The number of carboxylic acid groups (broad SMARTS) is 1. The summed E-state index contributed by atoms with van der Waals surface area (Å²) >= 11 is 0. The van der Waals surface area contributed by atoms with Gasteiger partial charge in [-0.2, -0.15) is 0 Å². The maximum absolute atomic E-state index is 14.0. The number of carbonyl (C=O) groups excluding carboxylic acids is 1. The van der Waals surface area contributed by atoms with Gasteiger partial charge in [-0.1, -0.05) is 79.6 Å². The predicted molar refractivity (Wildman–Crippen MR) is 142 cm³/mol. The molecule has 0 bridgehead atoms. The first kappa shape index (κ1) is 25.8. The molecule has 1 amide bonds. The lowest BCUT2D eigenvalue weighted by Gasteiger charge is -2.37. The summed E-state index contributed by atoms with van der Waals surface area (Å²) < 4.78 is 18.1. The van der Waals surface area contributed by atoms with Crippen molar-refractivity contribution < 1.29 is 28.9 Å². The lowest BCUT2D eigenvalue weighted by atomic mass is 9.91. The summed E-state index contributed by atoms with van der Waals surface area (Å²) in [4.78, 5) is 28.0. The fraction of sp³-hybridized carbons (Fsp3) is 0.355. The summed E-state index contributed by atoms with van der Waals surface area (Å²) in [7, 11) is 1.56. The highest BCUT2D eigenvalue weighted by molar-refractivity contribution is 5.88. The van der Waals surface area contributed by atoms with E-state index in [1.54, 1.807) is 7.11 Å². The van der Waals surface area contributed by atoms with Gasteiger partial charge in [0.2, 0.25) is 0 Å². The van der Waals surface area contributed by atoms with Crippen LogP contribution in [0, 0.1) is 0 Å². The molecule has 1 saturated carbocycles. The van der Waals surface area contributed by atoms with E-state index in [9.17, 15) is 14.7 Å². The molecule has 1 aliphatic heterocycles. The van der Waals surface area contributed by atoms with Crippen molar-refractivity contribution in [1.82, 2.24) is 4.90 Å². The highest BCUT2D eigenvalue weighted by Gasteiger charge is 2.41. The van der Waals surface area contributed by atoms with Gasteiger partial charge in [0.1, 0.15) is 12.6 Å². The second-order valence-electron chi connectivity index (χ2n) is 9.87. The van der Waals surface area contributed by atoms with Gasteiger partial charge >= 0.3 is 5.97 Å². The molecule has 1 N–H and O–H groups in total. The average Bonchev–Trinajstić information content (AvgIpc) is 3.48. The van der Waals surface area contributed by atoms with E-state index < -0.39 is 18.1 Å². The lowest BCUT2D eigenvalue weighted by molar-refractivity contribution is -0.160. The van der Waals surface area contributed by atoms with E-state index in [1.807, 2.05) is 72.8 Å². The van der Waals surface area contributed by atoms with Crippen molar-refractivity contribution in [2.24, 2.45) is 0 Å². The molecule has 1 aliphatic carbocycles. The van der Waals surface area contributed by atoms with Crippen LogP contribution in [-0.4, -0.2) is 41.1 Å². The molecule has 7 heteroatoms. The van der Waals surface area contributed by atoms with E-state index in [4.69, 9.17) is 14.2 Å². The smallest absolute Gasteiger partial charge is 0.326 e. The van der Waals surface area contributed by atoms with E-state index in [0.717, 1.165) is 47.9 Å². The first-order chi connectivity index (χ1) is 18.5. The number of hydrogen-bond donors (Lipinski definition) is 1. The number of carbonyl (C=O) groups is 2. The number of carboxylic acids is 1. The second-order valence-corrected chi connectivity index (χ2v) is 9.87. The number of hydrogen-bond acceptors (Lipinski definition) is 5. The number of aliphatic carboxylic acids is 1. The average molecular weight is 516 g/mol. The van der Waals surface area contributed by atoms with Gasteiger partial charge in [-0.05, 0) is 35.6 Å². The van der Waals surface area contributed by atoms with Crippen molar-refractivity contribution in [3.8, 4) is 11.5 Å². The number of benzene rings is 3. The third-order valence-corrected chi connectivity index (χ3v) is 7.41. The quantitative estimate of drug-likeness (QED) is 0.416. The molecule has 1 fully saturated rings. The Morgan fingerprint density at radius 1 is 0.974 bits per heavy atom. The fourth-order valence-electron chi connectivity index (χ4n) is 5.39. The van der Waals surface area contributed by atoms with Crippen molar-refractivity contribution >= 4 is 11.9 Å². The van der Waals surface area contributed by atoms with Crippen molar-refractivity contribution in [3.05, 3.63) is 95.1 Å². The molecule has 0 saturated heterocycles. The van der Waals surface area contributed by atoms with Crippen LogP contribution in [0.4, 0.5) is 0 Å². The number of ether oxygens (including phenoxy) is 3. The van der Waals surface area contributed by atoms with Crippen LogP contribution in [0.2, 0.25) is 0 Å². The molecule has 0 radical (unpaired) electrons. The van der Waals surface area contributed by atoms with Crippen molar-refractivity contribution in [2.45, 2.75) is 63.5 Å². The SMILES string of the molecule is COc1ccc2c(c1OCc1ccccc1)C[C@@H](C(=O)O)N(C(=O)[C@H](OC1CCCC1)c1ccccc1)C2. The number of fused-ring (bicyclic) bond motifs is 1. The summed E-state index contributed by atoms with van der Waals surface area (Å²) in [6.45, 7) is 0.466. The molecule has 2 aliphatic rings. The van der Waals surface area contributed by atoms with Crippen LogP contribution in [0.1, 0.15) is 54.0 Å². The van der Waals surface area contributed by atoms with Crippen LogP contribution < -0.4 is 9.47 Å². The molecule has 7 nitrogen and oxygen atoms in total. The van der Waals surface area contributed by atoms with E-state index in [-0.39, 0.29) is 25.0 Å². The van der Waals surface area contributed by atoms with Gasteiger partial charge < -0.3 is 24.2 Å². The van der Waals surface area contributed by atoms with Gasteiger partial charge in [0.15, 0.2) is 17.6 Å². The van der Waals surface area contributed by atoms with E-state index in [1.165, 1.54) is 4.90 Å². The van der Waals surface area contributed by atoms with E-state index in [2.05, 4.69) is 0 Å². The summed E-state index contributed by atoms with van der Waals surface area (Å²) in [5, 5.41) is 10.2. The highest BCUT2D eigenvalue weighted by Crippen LogP contribution is 2.40. The van der Waals surface area contributed by atoms with Crippen LogP contribution in [0.25, 0.3) is 0 Å². The third kappa shape index (κ3) is 5.53. The minimum atomic E-state index is -1.06. The van der Waals surface area contributed by atoms with Crippen LogP contribution in [-0.2, 0) is 33.9 Å². The molecule has 2 atom stereocenters. The summed E-state index contributed by atoms with van der Waals surface area (Å²) in [5.74, 6) is -0.332. The predicted octanol–water partition coefficient (Wildman–Crippen LogP) is 5.31. The second kappa shape index (κ2) is 11.7. The Bertz CT molecular complexity index is 1260. The Labute approximate surface area is 222 Å². The maximum Gasteiger partial charge on any atom is 0.326 e. The molecule has 0 spiro atoms. The van der Waals surface area contributed by atoms with Crippen LogP contribution in [0.15, 0.2) is 72.8 Å². The van der Waals surface area contributed by atoms with Gasteiger partial charge in [-0.3, -0.25) is 4.79 Å². The Morgan fingerprint density at radius 2 is 1.66 bits per heavy atom. The third-order valence-electron chi connectivity index (χ3n) is 7.41. The summed E-state index contributed by atoms with van der Waals surface area (Å²) in [5.41, 5.74) is 3.32. The molecular weight excluding hydrogens is 482 g/mol. The zero-order valence-electron chi connectivity index (χ0n) is 21.5. The normalized spacial score (nSPS) is 18.0. The minimum absolute atomic E-state index is 0.00763.